The molecular weight excluding hydrogens is 572 g/mol. The predicted molar refractivity (Wildman–Crippen MR) is 178 cm³/mol. The van der Waals surface area contributed by atoms with E-state index < -0.39 is 9.84 Å². The summed E-state index contributed by atoms with van der Waals surface area (Å²) in [4.78, 5) is 0.414. The molecule has 0 bridgehead atoms. The predicted octanol–water partition coefficient (Wildman–Crippen LogP) is 5.91. The molecule has 3 aliphatic heterocycles. The fraction of sp³-hybridized carbons (Fsp3) is 0.758. The average molecular weight is 639 g/mol. The van der Waals surface area contributed by atoms with E-state index in [-0.39, 0.29) is 50.3 Å². The summed E-state index contributed by atoms with van der Waals surface area (Å²) in [7, 11) is -2.12. The highest BCUT2D eigenvalue weighted by Gasteiger charge is 2.29. The first kappa shape index (κ1) is 48.5. The topological polar surface area (TPSA) is 132 Å². The number of rotatable bonds is 4. The summed E-state index contributed by atoms with van der Waals surface area (Å²) in [6.07, 6.45) is 2.55. The molecule has 3 saturated heterocycles. The summed E-state index contributed by atoms with van der Waals surface area (Å²) in [5.74, 6) is 0.695. The summed E-state index contributed by atoms with van der Waals surface area (Å²) >= 11 is 0. The lowest BCUT2D eigenvalue weighted by molar-refractivity contribution is -0.136. The van der Waals surface area contributed by atoms with Gasteiger partial charge < -0.3 is 34.3 Å². The van der Waals surface area contributed by atoms with Gasteiger partial charge in [-0.2, -0.15) is 0 Å². The lowest BCUT2D eigenvalue weighted by Gasteiger charge is -2.27. The number of aliphatic hydroxyl groups excluding tert-OH is 3. The first-order chi connectivity index (χ1) is 19.9. The molecule has 4 rings (SSSR count). The third-order valence-corrected chi connectivity index (χ3v) is 7.81. The van der Waals surface area contributed by atoms with Gasteiger partial charge in [0.1, 0.15) is 0 Å². The van der Waals surface area contributed by atoms with E-state index in [4.69, 9.17) is 34.3 Å². The molecule has 3 N–H and O–H groups in total. The Morgan fingerprint density at radius 2 is 1.44 bits per heavy atom. The van der Waals surface area contributed by atoms with E-state index in [1.165, 1.54) is 5.57 Å². The fourth-order valence-electron chi connectivity index (χ4n) is 3.73. The molecule has 1 aromatic rings. The van der Waals surface area contributed by atoms with Crippen molar-refractivity contribution in [1.82, 2.24) is 0 Å². The first-order valence-corrected chi connectivity index (χ1v) is 16.7. The van der Waals surface area contributed by atoms with Crippen LogP contribution in [-0.2, 0) is 28.8 Å². The van der Waals surface area contributed by atoms with Gasteiger partial charge in [-0.25, -0.2) is 8.42 Å². The molecule has 3 fully saturated rings. The third kappa shape index (κ3) is 23.7. The zero-order valence-corrected chi connectivity index (χ0v) is 28.8. The van der Waals surface area contributed by atoms with Crippen LogP contribution in [0, 0.1) is 11.8 Å². The summed E-state index contributed by atoms with van der Waals surface area (Å²) in [5.41, 5.74) is 1.25. The average Bonchev–Trinajstić information content (AvgIpc) is 3.63. The first-order valence-electron chi connectivity index (χ1n) is 15.1. The van der Waals surface area contributed by atoms with Crippen molar-refractivity contribution in [2.45, 2.75) is 105 Å². The van der Waals surface area contributed by atoms with Crippen LogP contribution in [0.4, 0.5) is 0 Å². The van der Waals surface area contributed by atoms with E-state index in [2.05, 4.69) is 20.4 Å². The Labute approximate surface area is 264 Å². The molecule has 9 nitrogen and oxygen atoms in total. The molecule has 3 unspecified atom stereocenters. The maximum atomic E-state index is 11.9. The standard InChI is InChI=1S/C11H14O3S.C8H14O.C6H12O2.C2H6O2.2C2H6.CH4O.CH4/c12-15(13,9-10-6-7-14-8-10)11-4-2-1-3-5-11;1-6-4-5-9-8(3)7(6)2;1-5-4-7-6(2,3)8-5;3-1-2-4;3*1-2;/h1-5,10H,6-9H2;6,8H,2,4-5H2,1,3H3;5H,4H2,1-3H3;3-4H,1-2H2;2*1-2H3;2H,1H3;1H4/t;6-,8?;;;;;;/m.1....../s1. The van der Waals surface area contributed by atoms with Gasteiger partial charge in [-0.15, -0.1) is 0 Å². The molecule has 3 aliphatic rings. The molecule has 0 amide bonds. The van der Waals surface area contributed by atoms with Crippen molar-refractivity contribution in [2.24, 2.45) is 11.8 Å². The van der Waals surface area contributed by atoms with Gasteiger partial charge >= 0.3 is 0 Å². The van der Waals surface area contributed by atoms with Crippen LogP contribution in [0.2, 0.25) is 0 Å². The van der Waals surface area contributed by atoms with Crippen molar-refractivity contribution in [3.63, 3.8) is 0 Å². The maximum absolute atomic E-state index is 11.9. The number of benzene rings is 1. The van der Waals surface area contributed by atoms with E-state index in [9.17, 15) is 8.42 Å². The van der Waals surface area contributed by atoms with Crippen molar-refractivity contribution < 1.29 is 42.7 Å². The summed E-state index contributed by atoms with van der Waals surface area (Å²) < 4.78 is 45.0. The van der Waals surface area contributed by atoms with Crippen molar-refractivity contribution in [1.29, 1.82) is 0 Å². The Balaban J connectivity index is -0.000000237. The quantitative estimate of drug-likeness (QED) is 0.345. The molecule has 0 aliphatic carbocycles. The number of aliphatic hydroxyl groups is 3. The van der Waals surface area contributed by atoms with Crippen LogP contribution in [0.25, 0.3) is 0 Å². The van der Waals surface area contributed by atoms with E-state index in [1.54, 1.807) is 24.3 Å². The van der Waals surface area contributed by atoms with Crippen LogP contribution < -0.4 is 0 Å². The molecule has 0 saturated carbocycles. The number of hydrogen-bond donors (Lipinski definition) is 3. The number of ether oxygens (including phenoxy) is 4. The zero-order valence-electron chi connectivity index (χ0n) is 28.0. The molecular formula is C33H66O9S. The molecule has 0 radical (unpaired) electrons. The minimum Gasteiger partial charge on any atom is -0.400 e. The lowest BCUT2D eigenvalue weighted by atomic mass is 9.93. The second-order valence-electron chi connectivity index (χ2n) is 9.69. The van der Waals surface area contributed by atoms with E-state index in [0.717, 1.165) is 33.2 Å². The van der Waals surface area contributed by atoms with Gasteiger partial charge in [0.15, 0.2) is 15.6 Å². The summed E-state index contributed by atoms with van der Waals surface area (Å²) in [6, 6.07) is 8.60. The lowest BCUT2D eigenvalue weighted by Crippen LogP contribution is -2.23. The van der Waals surface area contributed by atoms with Crippen LogP contribution in [0.1, 0.15) is 82.6 Å². The van der Waals surface area contributed by atoms with Crippen LogP contribution in [0.3, 0.4) is 0 Å². The molecule has 0 spiro atoms. The molecule has 0 aromatic heterocycles. The van der Waals surface area contributed by atoms with E-state index in [0.29, 0.717) is 24.0 Å². The van der Waals surface area contributed by atoms with Gasteiger partial charge in [0.05, 0.1) is 49.3 Å². The van der Waals surface area contributed by atoms with Gasteiger partial charge in [-0.1, -0.05) is 66.8 Å². The fourth-order valence-corrected chi connectivity index (χ4v) is 5.38. The molecule has 3 heterocycles. The van der Waals surface area contributed by atoms with Crippen LogP contribution in [0.5, 0.6) is 0 Å². The highest BCUT2D eigenvalue weighted by atomic mass is 32.2. The maximum Gasteiger partial charge on any atom is 0.178 e. The Morgan fingerprint density at radius 1 is 0.907 bits per heavy atom. The Bertz CT molecular complexity index is 825. The Kier molecular flexibility index (Phi) is 33.1. The molecule has 1 aromatic carbocycles. The smallest absolute Gasteiger partial charge is 0.178 e. The Morgan fingerprint density at radius 3 is 1.77 bits per heavy atom. The number of sulfone groups is 1. The molecule has 43 heavy (non-hydrogen) atoms. The van der Waals surface area contributed by atoms with E-state index in [1.807, 2.05) is 54.5 Å². The highest BCUT2D eigenvalue weighted by molar-refractivity contribution is 7.91. The summed E-state index contributed by atoms with van der Waals surface area (Å²) in [6.45, 7) is 24.7. The molecule has 10 heteroatoms. The summed E-state index contributed by atoms with van der Waals surface area (Å²) in [5, 5.41) is 22.2. The van der Waals surface area contributed by atoms with Crippen molar-refractivity contribution in [3.8, 4) is 0 Å². The van der Waals surface area contributed by atoms with Crippen molar-refractivity contribution in [2.75, 3.05) is 52.5 Å². The van der Waals surface area contributed by atoms with Gasteiger partial charge in [0, 0.05) is 20.3 Å². The second kappa shape index (κ2) is 29.3. The molecule has 4 atom stereocenters. The highest BCUT2D eigenvalue weighted by Crippen LogP contribution is 2.23. The largest absolute Gasteiger partial charge is 0.400 e. The number of hydrogen-bond acceptors (Lipinski definition) is 9. The molecule has 258 valence electrons. The van der Waals surface area contributed by atoms with Crippen molar-refractivity contribution in [3.05, 3.63) is 42.5 Å². The van der Waals surface area contributed by atoms with Crippen LogP contribution in [0.15, 0.2) is 47.4 Å². The SMILES string of the molecule is C.C=C1C(C)OCC[C@H]1C.CC.CC.CC1COC(C)(C)O1.CO.O=S(=O)(CC1CCOC1)c1ccccc1.OCCO. The van der Waals surface area contributed by atoms with Gasteiger partial charge in [-0.05, 0) is 70.1 Å². The monoisotopic (exact) mass is 638 g/mol. The van der Waals surface area contributed by atoms with Crippen LogP contribution in [-0.4, -0.2) is 94.2 Å². The van der Waals surface area contributed by atoms with Crippen molar-refractivity contribution >= 4 is 9.84 Å². The normalized spacial score (nSPS) is 23.0. The van der Waals surface area contributed by atoms with Crippen LogP contribution >= 0.6 is 0 Å². The second-order valence-corrected chi connectivity index (χ2v) is 11.7. The van der Waals surface area contributed by atoms with Gasteiger partial charge in [0.2, 0.25) is 0 Å². The van der Waals surface area contributed by atoms with E-state index >= 15 is 0 Å². The Hall–Kier alpha value is -1.37. The van der Waals surface area contributed by atoms with Gasteiger partial charge in [-0.3, -0.25) is 0 Å². The minimum atomic E-state index is -3.12. The van der Waals surface area contributed by atoms with Gasteiger partial charge in [0.25, 0.3) is 0 Å². The zero-order chi connectivity index (χ0) is 33.2. The minimum absolute atomic E-state index is 0. The third-order valence-electron chi connectivity index (χ3n) is 5.91.